The first-order valence-corrected chi connectivity index (χ1v) is 6.10. The van der Waals surface area contributed by atoms with Crippen molar-refractivity contribution in [2.75, 3.05) is 18.9 Å². The number of hydrogen-bond acceptors (Lipinski definition) is 4. The second-order valence-electron chi connectivity index (χ2n) is 4.14. The van der Waals surface area contributed by atoms with Crippen molar-refractivity contribution in [2.24, 2.45) is 7.05 Å². The number of carbonyl (C=O) groups is 1. The molecule has 0 aliphatic rings. The molecule has 0 aliphatic carbocycles. The Labute approximate surface area is 111 Å². The van der Waals surface area contributed by atoms with Gasteiger partial charge in [-0.05, 0) is 18.2 Å². The topological polar surface area (TPSA) is 71.8 Å². The highest BCUT2D eigenvalue weighted by Crippen LogP contribution is 2.03. The Morgan fingerprint density at radius 3 is 2.89 bits per heavy atom. The first-order valence-electron chi connectivity index (χ1n) is 6.10. The lowest BCUT2D eigenvalue weighted by molar-refractivity contribution is 0.0949. The van der Waals surface area contributed by atoms with Gasteiger partial charge in [0.05, 0.1) is 5.69 Å². The van der Waals surface area contributed by atoms with Crippen molar-refractivity contribution in [1.29, 1.82) is 0 Å². The summed E-state index contributed by atoms with van der Waals surface area (Å²) in [5.41, 5.74) is 1.37. The van der Waals surface area contributed by atoms with Gasteiger partial charge in [-0.1, -0.05) is 6.07 Å². The number of anilines is 1. The minimum atomic E-state index is -0.173. The van der Waals surface area contributed by atoms with Crippen LogP contribution in [0.3, 0.4) is 0 Å². The van der Waals surface area contributed by atoms with E-state index in [4.69, 9.17) is 0 Å². The van der Waals surface area contributed by atoms with Crippen LogP contribution >= 0.6 is 0 Å². The minimum Gasteiger partial charge on any atom is -0.373 e. The summed E-state index contributed by atoms with van der Waals surface area (Å²) in [6.45, 7) is 0.543. The first-order chi connectivity index (χ1) is 9.19. The van der Waals surface area contributed by atoms with Gasteiger partial charge in [0.1, 0.15) is 11.5 Å². The highest BCUT2D eigenvalue weighted by atomic mass is 16.1. The molecule has 2 N–H and O–H groups in total. The molecule has 0 aromatic carbocycles. The molecular formula is C13H17N5O. The lowest BCUT2D eigenvalue weighted by atomic mass is 10.3. The van der Waals surface area contributed by atoms with E-state index in [0.29, 0.717) is 24.5 Å². The van der Waals surface area contributed by atoms with E-state index in [-0.39, 0.29) is 5.91 Å². The summed E-state index contributed by atoms with van der Waals surface area (Å²) in [7, 11) is 3.64. The number of nitrogens with one attached hydrogen (secondary N) is 2. The molecule has 2 aromatic heterocycles. The molecule has 2 heterocycles. The van der Waals surface area contributed by atoms with Gasteiger partial charge in [0.15, 0.2) is 0 Å². The molecule has 0 spiro atoms. The maximum Gasteiger partial charge on any atom is 0.269 e. The van der Waals surface area contributed by atoms with Gasteiger partial charge >= 0.3 is 0 Å². The number of carbonyl (C=O) groups excluding carboxylic acids is 1. The lowest BCUT2D eigenvalue weighted by Gasteiger charge is -2.05. The Morgan fingerprint density at radius 1 is 1.37 bits per heavy atom. The van der Waals surface area contributed by atoms with Crippen LogP contribution in [0, 0.1) is 0 Å². The second-order valence-corrected chi connectivity index (χ2v) is 4.14. The molecule has 0 fully saturated rings. The number of aryl methyl sites for hydroxylation is 1. The summed E-state index contributed by atoms with van der Waals surface area (Å²) in [5, 5.41) is 9.98. The highest BCUT2D eigenvalue weighted by molar-refractivity contribution is 5.92. The normalized spacial score (nSPS) is 10.2. The largest absolute Gasteiger partial charge is 0.373 e. The van der Waals surface area contributed by atoms with E-state index < -0.39 is 0 Å². The fraction of sp³-hybridized carbons (Fsp3) is 0.308. The summed E-state index contributed by atoms with van der Waals surface area (Å²) in [4.78, 5) is 16.1. The van der Waals surface area contributed by atoms with Gasteiger partial charge < -0.3 is 10.6 Å². The average molecular weight is 259 g/mol. The summed E-state index contributed by atoms with van der Waals surface area (Å²) < 4.78 is 1.75. The fourth-order valence-electron chi connectivity index (χ4n) is 1.69. The molecule has 0 saturated heterocycles. The molecule has 100 valence electrons. The molecule has 1 amide bonds. The Morgan fingerprint density at radius 2 is 2.21 bits per heavy atom. The zero-order valence-corrected chi connectivity index (χ0v) is 11.1. The molecule has 2 aromatic rings. The number of aromatic nitrogens is 3. The smallest absolute Gasteiger partial charge is 0.269 e. The first kappa shape index (κ1) is 13.1. The van der Waals surface area contributed by atoms with Crippen molar-refractivity contribution in [2.45, 2.75) is 6.42 Å². The van der Waals surface area contributed by atoms with Crippen LogP contribution in [-0.4, -0.2) is 34.3 Å². The van der Waals surface area contributed by atoms with Crippen LogP contribution in [0.25, 0.3) is 0 Å². The third kappa shape index (κ3) is 3.54. The van der Waals surface area contributed by atoms with Crippen LogP contribution < -0.4 is 10.6 Å². The molecule has 0 atom stereocenters. The fourth-order valence-corrected chi connectivity index (χ4v) is 1.69. The van der Waals surface area contributed by atoms with Crippen molar-refractivity contribution >= 4 is 11.7 Å². The summed E-state index contributed by atoms with van der Waals surface area (Å²) in [5.74, 6) is 0.505. The molecule has 2 rings (SSSR count). The van der Waals surface area contributed by atoms with E-state index in [1.54, 1.807) is 23.9 Å². The van der Waals surface area contributed by atoms with Crippen molar-refractivity contribution in [3.8, 4) is 0 Å². The molecule has 0 aliphatic heterocycles. The summed E-state index contributed by atoms with van der Waals surface area (Å²) >= 11 is 0. The van der Waals surface area contributed by atoms with Crippen LogP contribution in [-0.2, 0) is 13.5 Å². The molecular weight excluding hydrogens is 242 g/mol. The van der Waals surface area contributed by atoms with Gasteiger partial charge in [-0.25, -0.2) is 4.98 Å². The Kier molecular flexibility index (Phi) is 4.12. The summed E-state index contributed by atoms with van der Waals surface area (Å²) in [6.07, 6.45) is 2.59. The number of amides is 1. The quantitative estimate of drug-likeness (QED) is 0.834. The average Bonchev–Trinajstić information content (AvgIpc) is 2.84. The zero-order chi connectivity index (χ0) is 13.7. The van der Waals surface area contributed by atoms with Crippen LogP contribution in [0.5, 0.6) is 0 Å². The summed E-state index contributed by atoms with van der Waals surface area (Å²) in [6, 6.07) is 7.24. The van der Waals surface area contributed by atoms with Gasteiger partial charge in [0.2, 0.25) is 0 Å². The van der Waals surface area contributed by atoms with Crippen LogP contribution in [0.15, 0.2) is 30.5 Å². The van der Waals surface area contributed by atoms with E-state index in [2.05, 4.69) is 20.7 Å². The van der Waals surface area contributed by atoms with Gasteiger partial charge in [-0.2, -0.15) is 5.10 Å². The highest BCUT2D eigenvalue weighted by Gasteiger charge is 2.07. The lowest BCUT2D eigenvalue weighted by Crippen LogP contribution is -2.26. The van der Waals surface area contributed by atoms with Crippen LogP contribution in [0.4, 0.5) is 5.82 Å². The van der Waals surface area contributed by atoms with E-state index in [1.165, 1.54) is 0 Å². The van der Waals surface area contributed by atoms with Crippen molar-refractivity contribution < 1.29 is 4.79 Å². The predicted molar refractivity (Wildman–Crippen MR) is 73.0 cm³/mol. The van der Waals surface area contributed by atoms with Crippen molar-refractivity contribution in [3.05, 3.63) is 41.9 Å². The monoisotopic (exact) mass is 259 g/mol. The van der Waals surface area contributed by atoms with Crippen molar-refractivity contribution in [1.82, 2.24) is 20.1 Å². The third-order valence-corrected chi connectivity index (χ3v) is 2.67. The second kappa shape index (κ2) is 5.99. The van der Waals surface area contributed by atoms with E-state index in [9.17, 15) is 4.79 Å². The van der Waals surface area contributed by atoms with Gasteiger partial charge in [-0.3, -0.25) is 9.48 Å². The van der Waals surface area contributed by atoms with E-state index in [0.717, 1.165) is 5.69 Å². The number of rotatable bonds is 5. The number of nitrogens with zero attached hydrogens (tertiary/aromatic N) is 3. The maximum absolute atomic E-state index is 11.9. The molecule has 6 heteroatoms. The predicted octanol–water partition coefficient (Wildman–Crippen LogP) is 0.829. The number of pyridine rings is 1. The Bertz CT molecular complexity index is 564. The van der Waals surface area contributed by atoms with Crippen LogP contribution in [0.2, 0.25) is 0 Å². The van der Waals surface area contributed by atoms with Gasteiger partial charge in [-0.15, -0.1) is 0 Å². The Hall–Kier alpha value is -2.37. The molecule has 0 radical (unpaired) electrons. The zero-order valence-electron chi connectivity index (χ0n) is 11.1. The Balaban J connectivity index is 1.87. The third-order valence-electron chi connectivity index (χ3n) is 2.67. The molecule has 19 heavy (non-hydrogen) atoms. The molecule has 6 nitrogen and oxygen atoms in total. The minimum absolute atomic E-state index is 0.173. The standard InChI is InChI=1S/C13H17N5O/c1-14-12-5-3-4-11(16-12)13(19)15-8-6-10-7-9-18(2)17-10/h3-5,7,9H,6,8H2,1-2H3,(H,14,16)(H,15,19). The van der Waals surface area contributed by atoms with Crippen LogP contribution in [0.1, 0.15) is 16.2 Å². The molecule has 0 saturated carbocycles. The molecule has 0 bridgehead atoms. The van der Waals surface area contributed by atoms with E-state index >= 15 is 0 Å². The maximum atomic E-state index is 11.9. The van der Waals surface area contributed by atoms with E-state index in [1.807, 2.05) is 25.4 Å². The van der Waals surface area contributed by atoms with Crippen molar-refractivity contribution in [3.63, 3.8) is 0 Å². The SMILES string of the molecule is CNc1cccc(C(=O)NCCc2ccn(C)n2)n1. The number of hydrogen-bond donors (Lipinski definition) is 2. The van der Waals surface area contributed by atoms with Gasteiger partial charge in [0, 0.05) is 33.3 Å². The van der Waals surface area contributed by atoms with Gasteiger partial charge in [0.25, 0.3) is 5.91 Å². The molecule has 0 unspecified atom stereocenters.